The summed E-state index contributed by atoms with van der Waals surface area (Å²) in [5.74, 6) is 1.15. The van der Waals surface area contributed by atoms with E-state index in [-0.39, 0.29) is 0 Å². The zero-order valence-corrected chi connectivity index (χ0v) is 11.7. The van der Waals surface area contributed by atoms with Crippen molar-refractivity contribution in [3.8, 4) is 0 Å². The number of aryl methyl sites for hydroxylation is 1. The number of piperidine rings is 1. The van der Waals surface area contributed by atoms with Crippen LogP contribution >= 0.6 is 0 Å². The molecule has 0 bridgehead atoms. The van der Waals surface area contributed by atoms with Crippen LogP contribution in [0.15, 0.2) is 30.3 Å². The van der Waals surface area contributed by atoms with Crippen molar-refractivity contribution in [1.82, 2.24) is 10.3 Å². The van der Waals surface area contributed by atoms with Gasteiger partial charge in [-0.05, 0) is 44.5 Å². The molecule has 1 N–H and O–H groups in total. The third-order valence-corrected chi connectivity index (χ3v) is 4.02. The Kier molecular flexibility index (Phi) is 3.38. The number of para-hydroxylation sites is 1. The molecule has 3 nitrogen and oxygen atoms in total. The monoisotopic (exact) mass is 255 g/mol. The van der Waals surface area contributed by atoms with Crippen molar-refractivity contribution in [2.75, 3.05) is 25.0 Å². The molecular weight excluding hydrogens is 234 g/mol. The van der Waals surface area contributed by atoms with Gasteiger partial charge in [0.15, 0.2) is 0 Å². The Labute approximate surface area is 114 Å². The summed E-state index contributed by atoms with van der Waals surface area (Å²) >= 11 is 0. The highest BCUT2D eigenvalue weighted by Crippen LogP contribution is 2.25. The van der Waals surface area contributed by atoms with Gasteiger partial charge in [0.2, 0.25) is 0 Å². The first kappa shape index (κ1) is 12.4. The second kappa shape index (κ2) is 5.17. The van der Waals surface area contributed by atoms with Gasteiger partial charge in [0, 0.05) is 24.5 Å². The number of hydrogen-bond donors (Lipinski definition) is 1. The van der Waals surface area contributed by atoms with Gasteiger partial charge in [0.1, 0.15) is 5.82 Å². The van der Waals surface area contributed by atoms with Crippen LogP contribution in [0.4, 0.5) is 5.82 Å². The van der Waals surface area contributed by atoms with Gasteiger partial charge in [0.25, 0.3) is 0 Å². The Morgan fingerprint density at radius 3 is 3.00 bits per heavy atom. The van der Waals surface area contributed by atoms with Crippen LogP contribution in [-0.2, 0) is 0 Å². The number of rotatable bonds is 2. The summed E-state index contributed by atoms with van der Waals surface area (Å²) in [5, 5.41) is 4.62. The molecule has 100 valence electrons. The van der Waals surface area contributed by atoms with Gasteiger partial charge < -0.3 is 10.2 Å². The van der Waals surface area contributed by atoms with E-state index in [9.17, 15) is 0 Å². The molecule has 0 spiro atoms. The lowest BCUT2D eigenvalue weighted by atomic mass is 10.0. The number of aromatic nitrogens is 1. The van der Waals surface area contributed by atoms with Gasteiger partial charge in [-0.25, -0.2) is 4.98 Å². The molecule has 1 aromatic carbocycles. The molecule has 3 rings (SSSR count). The number of benzene rings is 1. The van der Waals surface area contributed by atoms with Crippen LogP contribution in [0.3, 0.4) is 0 Å². The summed E-state index contributed by atoms with van der Waals surface area (Å²) in [6, 6.07) is 11.2. The maximum absolute atomic E-state index is 4.87. The largest absolute Gasteiger partial charge is 0.355 e. The molecule has 0 saturated carbocycles. The summed E-state index contributed by atoms with van der Waals surface area (Å²) < 4.78 is 0. The zero-order valence-electron chi connectivity index (χ0n) is 11.7. The van der Waals surface area contributed by atoms with Crippen LogP contribution in [0, 0.1) is 6.92 Å². The second-order valence-corrected chi connectivity index (χ2v) is 5.40. The van der Waals surface area contributed by atoms with E-state index in [1.165, 1.54) is 23.8 Å². The van der Waals surface area contributed by atoms with Crippen LogP contribution in [0.2, 0.25) is 0 Å². The minimum atomic E-state index is 0.585. The first-order chi connectivity index (χ1) is 9.28. The summed E-state index contributed by atoms with van der Waals surface area (Å²) in [5.41, 5.74) is 2.37. The fourth-order valence-electron chi connectivity index (χ4n) is 2.94. The van der Waals surface area contributed by atoms with E-state index in [1.807, 2.05) is 0 Å². The standard InChI is InChI=1S/C16H21N3/c1-12-10-13-6-3-4-8-15(13)18-16(12)19-9-5-7-14(11-19)17-2/h3-4,6,8,10,14,17H,5,7,9,11H2,1-2H3. The van der Waals surface area contributed by atoms with Crippen LogP contribution in [-0.4, -0.2) is 31.2 Å². The molecule has 19 heavy (non-hydrogen) atoms. The number of fused-ring (bicyclic) bond motifs is 1. The minimum Gasteiger partial charge on any atom is -0.355 e. The van der Waals surface area contributed by atoms with Gasteiger partial charge in [0.05, 0.1) is 5.52 Å². The lowest BCUT2D eigenvalue weighted by molar-refractivity contribution is 0.447. The normalized spacial score (nSPS) is 19.9. The molecule has 2 heterocycles. The third kappa shape index (κ3) is 2.43. The quantitative estimate of drug-likeness (QED) is 0.894. The molecule has 2 aromatic rings. The summed E-state index contributed by atoms with van der Waals surface area (Å²) in [6.07, 6.45) is 2.50. The van der Waals surface area contributed by atoms with Gasteiger partial charge in [-0.1, -0.05) is 18.2 Å². The van der Waals surface area contributed by atoms with E-state index in [4.69, 9.17) is 4.98 Å². The molecule has 1 unspecified atom stereocenters. The summed E-state index contributed by atoms with van der Waals surface area (Å²) in [7, 11) is 2.05. The Hall–Kier alpha value is -1.61. The molecule has 3 heteroatoms. The predicted octanol–water partition coefficient (Wildman–Crippen LogP) is 2.73. The van der Waals surface area contributed by atoms with Gasteiger partial charge in [-0.15, -0.1) is 0 Å². The average Bonchev–Trinajstić information content (AvgIpc) is 2.46. The highest BCUT2D eigenvalue weighted by Gasteiger charge is 2.20. The predicted molar refractivity (Wildman–Crippen MR) is 80.8 cm³/mol. The molecule has 1 aromatic heterocycles. The van der Waals surface area contributed by atoms with Crippen LogP contribution < -0.4 is 10.2 Å². The first-order valence-corrected chi connectivity index (χ1v) is 7.06. The van der Waals surface area contributed by atoms with Crippen molar-refractivity contribution >= 4 is 16.7 Å². The number of nitrogens with zero attached hydrogens (tertiary/aromatic N) is 2. The Balaban J connectivity index is 1.97. The Morgan fingerprint density at radius 1 is 1.32 bits per heavy atom. The fraction of sp³-hybridized carbons (Fsp3) is 0.438. The van der Waals surface area contributed by atoms with Crippen molar-refractivity contribution in [3.63, 3.8) is 0 Å². The van der Waals surface area contributed by atoms with Crippen LogP contribution in [0.1, 0.15) is 18.4 Å². The van der Waals surface area contributed by atoms with Crippen molar-refractivity contribution in [2.24, 2.45) is 0 Å². The molecule has 1 aliphatic rings. The average molecular weight is 255 g/mol. The maximum Gasteiger partial charge on any atom is 0.132 e. The lowest BCUT2D eigenvalue weighted by Gasteiger charge is -2.34. The van der Waals surface area contributed by atoms with E-state index in [0.29, 0.717) is 6.04 Å². The zero-order chi connectivity index (χ0) is 13.2. The lowest BCUT2D eigenvalue weighted by Crippen LogP contribution is -2.45. The topological polar surface area (TPSA) is 28.2 Å². The summed E-state index contributed by atoms with van der Waals surface area (Å²) in [4.78, 5) is 7.29. The maximum atomic E-state index is 4.87. The number of pyridine rings is 1. The van der Waals surface area contributed by atoms with Gasteiger partial charge >= 0.3 is 0 Å². The molecule has 0 radical (unpaired) electrons. The Morgan fingerprint density at radius 2 is 2.16 bits per heavy atom. The van der Waals surface area contributed by atoms with E-state index in [1.54, 1.807) is 0 Å². The van der Waals surface area contributed by atoms with E-state index < -0.39 is 0 Å². The Bertz CT molecular complexity index is 579. The molecular formula is C16H21N3. The van der Waals surface area contributed by atoms with Crippen molar-refractivity contribution in [3.05, 3.63) is 35.9 Å². The highest BCUT2D eigenvalue weighted by molar-refractivity contribution is 5.81. The number of likely N-dealkylation sites (N-methyl/N-ethyl adjacent to an activating group) is 1. The molecule has 1 atom stereocenters. The van der Waals surface area contributed by atoms with Gasteiger partial charge in [-0.2, -0.15) is 0 Å². The molecule has 0 aliphatic carbocycles. The summed E-state index contributed by atoms with van der Waals surface area (Å²) in [6.45, 7) is 4.34. The molecule has 1 aliphatic heterocycles. The molecule has 0 amide bonds. The number of hydrogen-bond acceptors (Lipinski definition) is 3. The van der Waals surface area contributed by atoms with Gasteiger partial charge in [-0.3, -0.25) is 0 Å². The minimum absolute atomic E-state index is 0.585. The van der Waals surface area contributed by atoms with E-state index in [0.717, 1.165) is 24.4 Å². The van der Waals surface area contributed by atoms with Crippen LogP contribution in [0.25, 0.3) is 10.9 Å². The highest BCUT2D eigenvalue weighted by atomic mass is 15.2. The third-order valence-electron chi connectivity index (χ3n) is 4.02. The van der Waals surface area contributed by atoms with Crippen molar-refractivity contribution in [1.29, 1.82) is 0 Å². The fourth-order valence-corrected chi connectivity index (χ4v) is 2.94. The number of anilines is 1. The second-order valence-electron chi connectivity index (χ2n) is 5.40. The number of nitrogens with one attached hydrogen (secondary N) is 1. The van der Waals surface area contributed by atoms with E-state index >= 15 is 0 Å². The van der Waals surface area contributed by atoms with Crippen molar-refractivity contribution in [2.45, 2.75) is 25.8 Å². The SMILES string of the molecule is CNC1CCCN(c2nc3ccccc3cc2C)C1. The smallest absolute Gasteiger partial charge is 0.132 e. The molecule has 1 fully saturated rings. The van der Waals surface area contributed by atoms with Crippen LogP contribution in [0.5, 0.6) is 0 Å². The van der Waals surface area contributed by atoms with E-state index in [2.05, 4.69) is 54.5 Å². The van der Waals surface area contributed by atoms with Crippen molar-refractivity contribution < 1.29 is 0 Å². The molecule has 1 saturated heterocycles. The first-order valence-electron chi connectivity index (χ1n) is 7.06.